The van der Waals surface area contributed by atoms with E-state index in [2.05, 4.69) is 6.92 Å². The summed E-state index contributed by atoms with van der Waals surface area (Å²) in [6.07, 6.45) is 4.26. The van der Waals surface area contributed by atoms with Gasteiger partial charge in [-0.05, 0) is 24.6 Å². The number of halogens is 1. The van der Waals surface area contributed by atoms with E-state index in [1.807, 2.05) is 0 Å². The molecule has 3 nitrogen and oxygen atoms in total. The van der Waals surface area contributed by atoms with Crippen LogP contribution in [0.4, 0.5) is 0 Å². The third-order valence-electron chi connectivity index (χ3n) is 2.98. The van der Waals surface area contributed by atoms with Crippen LogP contribution in [0.2, 0.25) is 5.02 Å². The molecule has 100 valence electrons. The number of Topliss-reactive ketones (excluding diaryl/α,β-unsaturated/α-hetero) is 1. The Morgan fingerprint density at radius 3 is 2.68 bits per heavy atom. The summed E-state index contributed by atoms with van der Waals surface area (Å²) in [6, 6.07) is 4.69. The van der Waals surface area contributed by atoms with Crippen molar-refractivity contribution < 1.29 is 14.3 Å². The van der Waals surface area contributed by atoms with Crippen LogP contribution in [0.3, 0.4) is 0 Å². The number of ketones is 2. The summed E-state index contributed by atoms with van der Waals surface area (Å²) < 4.78 is 5.41. The number of fused-ring (bicyclic) bond motifs is 1. The van der Waals surface area contributed by atoms with E-state index in [1.54, 1.807) is 12.1 Å². The first-order valence-corrected chi connectivity index (χ1v) is 6.74. The summed E-state index contributed by atoms with van der Waals surface area (Å²) in [5.74, 6) is -0.346. The van der Waals surface area contributed by atoms with Crippen molar-refractivity contribution in [3.63, 3.8) is 0 Å². The number of allylic oxidation sites excluding steroid dienone is 2. The summed E-state index contributed by atoms with van der Waals surface area (Å²) in [6.45, 7) is 2.55. The third kappa shape index (κ3) is 3.04. The smallest absolute Gasteiger partial charge is 0.228 e. The third-order valence-corrected chi connectivity index (χ3v) is 3.22. The average molecular weight is 279 g/mol. The van der Waals surface area contributed by atoms with Gasteiger partial charge >= 0.3 is 0 Å². The molecule has 0 saturated heterocycles. The van der Waals surface area contributed by atoms with Crippen molar-refractivity contribution in [2.45, 2.75) is 26.2 Å². The number of ether oxygens (including phenoxy) is 1. The largest absolute Gasteiger partial charge is 0.489 e. The molecular formula is C15H15ClO3. The number of carbonyl (C=O) groups excluding carboxylic acids is 2. The Labute approximate surface area is 117 Å². The van der Waals surface area contributed by atoms with Crippen molar-refractivity contribution in [1.82, 2.24) is 0 Å². The number of hydrogen-bond acceptors (Lipinski definition) is 3. The van der Waals surface area contributed by atoms with Gasteiger partial charge in [0.05, 0.1) is 6.61 Å². The Balaban J connectivity index is 2.15. The molecule has 1 aromatic rings. The van der Waals surface area contributed by atoms with Crippen molar-refractivity contribution in [1.29, 1.82) is 0 Å². The van der Waals surface area contributed by atoms with E-state index in [9.17, 15) is 9.59 Å². The van der Waals surface area contributed by atoms with Crippen molar-refractivity contribution >= 4 is 23.2 Å². The fourth-order valence-corrected chi connectivity index (χ4v) is 2.13. The minimum Gasteiger partial charge on any atom is -0.489 e. The number of hydrogen-bond donors (Lipinski definition) is 0. The molecule has 0 saturated carbocycles. The molecule has 0 N–H and O–H groups in total. The van der Waals surface area contributed by atoms with Crippen LogP contribution in [0, 0.1) is 0 Å². The van der Waals surface area contributed by atoms with Gasteiger partial charge < -0.3 is 4.74 Å². The van der Waals surface area contributed by atoms with Crippen LogP contribution in [0.25, 0.3) is 0 Å². The highest BCUT2D eigenvalue weighted by molar-refractivity contribution is 6.32. The predicted octanol–water partition coefficient (Wildman–Crippen LogP) is 3.81. The predicted molar refractivity (Wildman–Crippen MR) is 73.7 cm³/mol. The molecule has 0 atom stereocenters. The zero-order valence-corrected chi connectivity index (χ0v) is 11.5. The minimum absolute atomic E-state index is 0.135. The number of rotatable bonds is 5. The molecular weight excluding hydrogens is 264 g/mol. The second-order valence-corrected chi connectivity index (χ2v) is 4.88. The van der Waals surface area contributed by atoms with E-state index in [0.717, 1.165) is 19.3 Å². The van der Waals surface area contributed by atoms with Gasteiger partial charge in [0, 0.05) is 22.2 Å². The van der Waals surface area contributed by atoms with E-state index in [1.165, 1.54) is 12.1 Å². The number of carbonyl (C=O) groups is 2. The van der Waals surface area contributed by atoms with E-state index < -0.39 is 0 Å². The zero-order chi connectivity index (χ0) is 13.8. The van der Waals surface area contributed by atoms with E-state index in [4.69, 9.17) is 16.3 Å². The molecule has 1 aliphatic rings. The fourth-order valence-electron chi connectivity index (χ4n) is 1.95. The van der Waals surface area contributed by atoms with Crippen LogP contribution < -0.4 is 0 Å². The van der Waals surface area contributed by atoms with Crippen molar-refractivity contribution in [2.75, 3.05) is 6.61 Å². The maximum atomic E-state index is 12.1. The topological polar surface area (TPSA) is 43.4 Å². The highest BCUT2D eigenvalue weighted by Crippen LogP contribution is 2.25. The van der Waals surface area contributed by atoms with Crippen LogP contribution in [0.1, 0.15) is 46.9 Å². The molecule has 4 heteroatoms. The van der Waals surface area contributed by atoms with Gasteiger partial charge in [0.25, 0.3) is 0 Å². The second kappa shape index (κ2) is 6.02. The molecule has 0 unspecified atom stereocenters. The highest BCUT2D eigenvalue weighted by Gasteiger charge is 2.26. The van der Waals surface area contributed by atoms with Gasteiger partial charge in [-0.3, -0.25) is 9.59 Å². The first-order valence-electron chi connectivity index (χ1n) is 6.36. The molecule has 0 spiro atoms. The molecule has 0 radical (unpaired) electrons. The lowest BCUT2D eigenvalue weighted by Crippen LogP contribution is -2.19. The molecule has 0 amide bonds. The van der Waals surface area contributed by atoms with Crippen molar-refractivity contribution in [2.24, 2.45) is 0 Å². The lowest BCUT2D eigenvalue weighted by molar-refractivity contribution is 0.0880. The van der Waals surface area contributed by atoms with E-state index >= 15 is 0 Å². The SMILES string of the molecule is CCCCCOC1=CC(=O)c2cc(Cl)ccc2C1=O. The lowest BCUT2D eigenvalue weighted by atomic mass is 9.94. The summed E-state index contributed by atoms with van der Waals surface area (Å²) in [4.78, 5) is 24.1. The highest BCUT2D eigenvalue weighted by atomic mass is 35.5. The molecule has 1 aromatic carbocycles. The van der Waals surface area contributed by atoms with Gasteiger partial charge in [-0.25, -0.2) is 0 Å². The van der Waals surface area contributed by atoms with E-state index in [-0.39, 0.29) is 17.3 Å². The number of unbranched alkanes of at least 4 members (excludes halogenated alkanes) is 2. The molecule has 0 fully saturated rings. The molecule has 0 aromatic heterocycles. The first-order chi connectivity index (χ1) is 9.13. The molecule has 0 bridgehead atoms. The molecule has 2 rings (SSSR count). The Hall–Kier alpha value is -1.61. The Morgan fingerprint density at radius 2 is 1.95 bits per heavy atom. The average Bonchev–Trinajstić information content (AvgIpc) is 2.40. The molecule has 1 aliphatic carbocycles. The van der Waals surface area contributed by atoms with Crippen molar-refractivity contribution in [3.8, 4) is 0 Å². The van der Waals surface area contributed by atoms with Gasteiger partial charge in [-0.1, -0.05) is 31.4 Å². The van der Waals surface area contributed by atoms with Crippen LogP contribution in [-0.4, -0.2) is 18.2 Å². The van der Waals surface area contributed by atoms with Gasteiger partial charge in [-0.2, -0.15) is 0 Å². The van der Waals surface area contributed by atoms with Crippen LogP contribution in [0.15, 0.2) is 30.0 Å². The summed E-state index contributed by atoms with van der Waals surface area (Å²) in [7, 11) is 0. The zero-order valence-electron chi connectivity index (χ0n) is 10.7. The molecule has 0 aliphatic heterocycles. The van der Waals surface area contributed by atoms with Crippen molar-refractivity contribution in [3.05, 3.63) is 46.2 Å². The monoisotopic (exact) mass is 278 g/mol. The molecule has 0 heterocycles. The quantitative estimate of drug-likeness (QED) is 0.769. The lowest BCUT2D eigenvalue weighted by Gasteiger charge is -2.15. The fraction of sp³-hybridized carbons (Fsp3) is 0.333. The standard InChI is InChI=1S/C15H15ClO3/c1-2-3-4-7-19-14-9-13(17)12-8-10(16)5-6-11(12)15(14)18/h5-6,8-9H,2-4,7H2,1H3. The normalized spacial score (nSPS) is 14.1. The Bertz CT molecular complexity index is 546. The number of benzene rings is 1. The maximum absolute atomic E-state index is 12.1. The minimum atomic E-state index is -0.247. The summed E-state index contributed by atoms with van der Waals surface area (Å²) in [5.41, 5.74) is 0.709. The van der Waals surface area contributed by atoms with Gasteiger partial charge in [-0.15, -0.1) is 0 Å². The maximum Gasteiger partial charge on any atom is 0.228 e. The van der Waals surface area contributed by atoms with Gasteiger partial charge in [0.15, 0.2) is 11.5 Å². The molecule has 19 heavy (non-hydrogen) atoms. The van der Waals surface area contributed by atoms with Gasteiger partial charge in [0.2, 0.25) is 5.78 Å². The summed E-state index contributed by atoms with van der Waals surface area (Å²) >= 11 is 5.83. The second-order valence-electron chi connectivity index (χ2n) is 4.45. The van der Waals surface area contributed by atoms with E-state index in [0.29, 0.717) is 22.8 Å². The summed E-state index contributed by atoms with van der Waals surface area (Å²) in [5, 5.41) is 0.445. The Kier molecular flexibility index (Phi) is 4.38. The van der Waals surface area contributed by atoms with Gasteiger partial charge in [0.1, 0.15) is 0 Å². The van der Waals surface area contributed by atoms with Crippen LogP contribution >= 0.6 is 11.6 Å². The Morgan fingerprint density at radius 1 is 1.16 bits per heavy atom. The first kappa shape index (κ1) is 13.8. The van der Waals surface area contributed by atoms with Crippen LogP contribution in [0.5, 0.6) is 0 Å². The van der Waals surface area contributed by atoms with Crippen LogP contribution in [-0.2, 0) is 4.74 Å².